The van der Waals surface area contributed by atoms with Gasteiger partial charge in [-0.05, 0) is 41.8 Å². The van der Waals surface area contributed by atoms with E-state index < -0.39 is 0 Å². The van der Waals surface area contributed by atoms with Gasteiger partial charge in [0.15, 0.2) is 0 Å². The molecule has 1 N–H and O–H groups in total. The van der Waals surface area contributed by atoms with Crippen molar-refractivity contribution in [1.29, 1.82) is 0 Å². The molecule has 90 valence electrons. The summed E-state index contributed by atoms with van der Waals surface area (Å²) in [6, 6.07) is 2.82. The smallest absolute Gasteiger partial charge is 0.203 e. The molecule has 2 aromatic rings. The number of anilines is 1. The third kappa shape index (κ3) is 2.55. The highest BCUT2D eigenvalue weighted by molar-refractivity contribution is 9.10. The van der Waals surface area contributed by atoms with Crippen molar-refractivity contribution >= 4 is 33.2 Å². The van der Waals surface area contributed by atoms with Crippen LogP contribution in [0.3, 0.4) is 0 Å². The monoisotopic (exact) mass is 311 g/mol. The average Bonchev–Trinajstić information content (AvgIpc) is 2.95. The minimum atomic E-state index is 0.675. The van der Waals surface area contributed by atoms with Crippen LogP contribution in [0.1, 0.15) is 29.5 Å². The van der Waals surface area contributed by atoms with Crippen LogP contribution in [0, 0.1) is 6.92 Å². The van der Waals surface area contributed by atoms with E-state index in [4.69, 9.17) is 0 Å². The first-order chi connectivity index (χ1) is 8.22. The number of rotatable bonds is 4. The fraction of sp³-hybridized carbons (Fsp3) is 0.417. The van der Waals surface area contributed by atoms with Crippen LogP contribution in [0.15, 0.2) is 22.1 Å². The molecule has 0 spiro atoms. The van der Waals surface area contributed by atoms with Crippen LogP contribution >= 0.6 is 27.3 Å². The fourth-order valence-corrected chi connectivity index (χ4v) is 3.28. The van der Waals surface area contributed by atoms with Crippen molar-refractivity contribution in [2.24, 2.45) is 0 Å². The Hall–Kier alpha value is -0.810. The van der Waals surface area contributed by atoms with Crippen molar-refractivity contribution < 1.29 is 0 Å². The van der Waals surface area contributed by atoms with Crippen LogP contribution < -0.4 is 5.32 Å². The summed E-state index contributed by atoms with van der Waals surface area (Å²) >= 11 is 5.23. The molecule has 3 nitrogen and oxygen atoms in total. The molecule has 2 aromatic heterocycles. The number of aryl methyl sites for hydroxylation is 1. The van der Waals surface area contributed by atoms with Gasteiger partial charge in [-0.25, -0.2) is 4.98 Å². The zero-order chi connectivity index (χ0) is 11.8. The second-order valence-corrected chi connectivity index (χ2v) is 6.34. The molecule has 2 heterocycles. The lowest BCUT2D eigenvalue weighted by molar-refractivity contribution is 0.743. The molecule has 1 aliphatic rings. The predicted octanol–water partition coefficient (Wildman–Crippen LogP) is 3.96. The second-order valence-electron chi connectivity index (χ2n) is 4.43. The first-order valence-electron chi connectivity index (χ1n) is 5.74. The first kappa shape index (κ1) is 11.3. The zero-order valence-corrected chi connectivity index (χ0v) is 12.0. The van der Waals surface area contributed by atoms with Gasteiger partial charge in [-0.2, -0.15) is 0 Å². The van der Waals surface area contributed by atoms with Crippen molar-refractivity contribution in [3.05, 3.63) is 32.7 Å². The first-order valence-corrected chi connectivity index (χ1v) is 7.42. The molecule has 0 aromatic carbocycles. The summed E-state index contributed by atoms with van der Waals surface area (Å²) in [5.74, 6) is 1.01. The lowest BCUT2D eigenvalue weighted by Gasteiger charge is -2.07. The van der Waals surface area contributed by atoms with Gasteiger partial charge in [0.05, 0.1) is 12.2 Å². The Morgan fingerprint density at radius 3 is 3.06 bits per heavy atom. The Balaban J connectivity index is 1.72. The van der Waals surface area contributed by atoms with Gasteiger partial charge in [0.1, 0.15) is 0 Å². The molecule has 1 fully saturated rings. The van der Waals surface area contributed by atoms with Gasteiger partial charge in [-0.15, -0.1) is 11.3 Å². The molecule has 0 unspecified atom stereocenters. The number of imidazole rings is 1. The minimum absolute atomic E-state index is 0.675. The van der Waals surface area contributed by atoms with E-state index >= 15 is 0 Å². The molecule has 0 atom stereocenters. The lowest BCUT2D eigenvalue weighted by Crippen LogP contribution is -2.05. The average molecular weight is 312 g/mol. The van der Waals surface area contributed by atoms with E-state index in [0.29, 0.717) is 6.04 Å². The molecule has 0 amide bonds. The summed E-state index contributed by atoms with van der Waals surface area (Å²) in [5, 5.41) is 5.53. The van der Waals surface area contributed by atoms with E-state index in [1.165, 1.54) is 17.7 Å². The summed E-state index contributed by atoms with van der Waals surface area (Å²) in [5.41, 5.74) is 1.09. The Morgan fingerprint density at radius 1 is 1.59 bits per heavy atom. The number of hydrogen-bond acceptors (Lipinski definition) is 3. The second kappa shape index (κ2) is 4.46. The number of aromatic nitrogens is 2. The standard InChI is InChI=1S/C12H14BrN3S/c1-8-6-16(10-2-3-10)12(15-8)14-5-11-4-9(13)7-17-11/h4,6-7,10H,2-3,5H2,1H3,(H,14,15). The highest BCUT2D eigenvalue weighted by Crippen LogP contribution is 2.37. The maximum absolute atomic E-state index is 4.54. The van der Waals surface area contributed by atoms with Gasteiger partial charge in [0.2, 0.25) is 5.95 Å². The minimum Gasteiger partial charge on any atom is -0.351 e. The van der Waals surface area contributed by atoms with Crippen LogP contribution in [0.2, 0.25) is 0 Å². The molecule has 0 bridgehead atoms. The summed E-state index contributed by atoms with van der Waals surface area (Å²) in [6.45, 7) is 2.89. The molecular weight excluding hydrogens is 298 g/mol. The van der Waals surface area contributed by atoms with Crippen LogP contribution in [0.25, 0.3) is 0 Å². The predicted molar refractivity (Wildman–Crippen MR) is 74.6 cm³/mol. The molecule has 3 rings (SSSR count). The van der Waals surface area contributed by atoms with E-state index in [-0.39, 0.29) is 0 Å². The molecule has 5 heteroatoms. The molecule has 1 aliphatic carbocycles. The SMILES string of the molecule is Cc1cn(C2CC2)c(NCc2cc(Br)cs2)n1. The summed E-state index contributed by atoms with van der Waals surface area (Å²) in [7, 11) is 0. The van der Waals surface area contributed by atoms with Gasteiger partial charge in [0.25, 0.3) is 0 Å². The van der Waals surface area contributed by atoms with Gasteiger partial charge < -0.3 is 9.88 Å². The number of nitrogens with one attached hydrogen (secondary N) is 1. The Kier molecular flexibility index (Phi) is 2.96. The van der Waals surface area contributed by atoms with Gasteiger partial charge in [-0.3, -0.25) is 0 Å². The zero-order valence-electron chi connectivity index (χ0n) is 9.61. The largest absolute Gasteiger partial charge is 0.351 e. The molecular formula is C12H14BrN3S. The summed E-state index contributed by atoms with van der Waals surface area (Å²) in [6.07, 6.45) is 4.72. The van der Waals surface area contributed by atoms with Crippen molar-refractivity contribution in [2.45, 2.75) is 32.4 Å². The molecule has 1 saturated carbocycles. The van der Waals surface area contributed by atoms with E-state index in [0.717, 1.165) is 22.7 Å². The Labute approximate surface area is 113 Å². The van der Waals surface area contributed by atoms with E-state index in [9.17, 15) is 0 Å². The Morgan fingerprint density at radius 2 is 2.41 bits per heavy atom. The maximum Gasteiger partial charge on any atom is 0.203 e. The quantitative estimate of drug-likeness (QED) is 0.926. The molecule has 0 aliphatic heterocycles. The van der Waals surface area contributed by atoms with Crippen molar-refractivity contribution in [3.63, 3.8) is 0 Å². The highest BCUT2D eigenvalue weighted by Gasteiger charge is 2.26. The number of nitrogens with zero attached hydrogens (tertiary/aromatic N) is 2. The van der Waals surface area contributed by atoms with E-state index in [1.807, 2.05) is 6.92 Å². The summed E-state index contributed by atoms with van der Waals surface area (Å²) in [4.78, 5) is 5.86. The number of halogens is 1. The van der Waals surface area contributed by atoms with Gasteiger partial charge in [0, 0.05) is 27.0 Å². The van der Waals surface area contributed by atoms with E-state index in [1.54, 1.807) is 11.3 Å². The third-order valence-electron chi connectivity index (χ3n) is 2.84. The lowest BCUT2D eigenvalue weighted by atomic mass is 10.5. The highest BCUT2D eigenvalue weighted by atomic mass is 79.9. The summed E-state index contributed by atoms with van der Waals surface area (Å²) < 4.78 is 3.43. The maximum atomic E-state index is 4.54. The fourth-order valence-electron chi connectivity index (χ4n) is 1.89. The molecule has 17 heavy (non-hydrogen) atoms. The van der Waals surface area contributed by atoms with Crippen molar-refractivity contribution in [3.8, 4) is 0 Å². The Bertz CT molecular complexity index is 528. The number of hydrogen-bond donors (Lipinski definition) is 1. The third-order valence-corrected chi connectivity index (χ3v) is 4.53. The van der Waals surface area contributed by atoms with Gasteiger partial charge >= 0.3 is 0 Å². The van der Waals surface area contributed by atoms with Crippen LogP contribution in [-0.4, -0.2) is 9.55 Å². The molecule has 0 saturated heterocycles. The normalized spacial score (nSPS) is 15.2. The van der Waals surface area contributed by atoms with Gasteiger partial charge in [-0.1, -0.05) is 0 Å². The number of thiophene rings is 1. The van der Waals surface area contributed by atoms with Crippen molar-refractivity contribution in [1.82, 2.24) is 9.55 Å². The molecule has 0 radical (unpaired) electrons. The van der Waals surface area contributed by atoms with Crippen LogP contribution in [0.4, 0.5) is 5.95 Å². The van der Waals surface area contributed by atoms with Crippen molar-refractivity contribution in [2.75, 3.05) is 5.32 Å². The topological polar surface area (TPSA) is 29.9 Å². The van der Waals surface area contributed by atoms with E-state index in [2.05, 4.69) is 48.4 Å². The van der Waals surface area contributed by atoms with Crippen LogP contribution in [-0.2, 0) is 6.54 Å². The van der Waals surface area contributed by atoms with Crippen LogP contribution in [0.5, 0.6) is 0 Å².